The highest BCUT2D eigenvalue weighted by atomic mass is 16.5. The lowest BCUT2D eigenvalue weighted by molar-refractivity contribution is -0.124. The summed E-state index contributed by atoms with van der Waals surface area (Å²) in [5.74, 6) is 2.78. The minimum atomic E-state index is -0.209. The Hall–Kier alpha value is -3.92. The first kappa shape index (κ1) is 39.8. The van der Waals surface area contributed by atoms with Crippen molar-refractivity contribution in [3.63, 3.8) is 0 Å². The number of carbonyl (C=O) groups is 2. The van der Waals surface area contributed by atoms with Gasteiger partial charge in [-0.15, -0.1) is 0 Å². The Labute approximate surface area is 323 Å². The highest BCUT2D eigenvalue weighted by Gasteiger charge is 2.50. The molecule has 2 aromatic heterocycles. The van der Waals surface area contributed by atoms with Gasteiger partial charge in [0.1, 0.15) is 23.5 Å². The molecular formula is C44H63N5O5. The SMILES string of the molecule is COC(=O)N1CCC(N(C)C)C1.COc1ccc(C23CCC(CN(C(=O)C4CCCCC4)c4cc(-c5coc(C(C)(C)C)n5)ccn4)(CC2)CC3)cc1C. The van der Waals surface area contributed by atoms with Gasteiger partial charge in [-0.25, -0.2) is 14.8 Å². The summed E-state index contributed by atoms with van der Waals surface area (Å²) >= 11 is 0. The third kappa shape index (κ3) is 8.64. The van der Waals surface area contributed by atoms with E-state index in [0.29, 0.717) is 11.9 Å². The third-order valence-corrected chi connectivity index (χ3v) is 12.9. The van der Waals surface area contributed by atoms with Crippen molar-refractivity contribution in [2.45, 2.75) is 122 Å². The molecule has 0 radical (unpaired) electrons. The first-order valence-electron chi connectivity index (χ1n) is 20.1. The fraction of sp³-hybridized carbons (Fsp3) is 0.636. The zero-order valence-corrected chi connectivity index (χ0v) is 34.1. The van der Waals surface area contributed by atoms with E-state index < -0.39 is 0 Å². The number of rotatable bonds is 8. The number of oxazole rings is 1. The number of anilines is 1. The number of likely N-dealkylation sites (N-methyl/N-ethyl adjacent to an activating group) is 1. The number of carbonyl (C=O) groups excluding carboxylic acids is 2. The van der Waals surface area contributed by atoms with Crippen molar-refractivity contribution in [3.05, 3.63) is 59.8 Å². The van der Waals surface area contributed by atoms with Crippen molar-refractivity contribution in [3.8, 4) is 17.0 Å². The topological polar surface area (TPSA) is 101 Å². The summed E-state index contributed by atoms with van der Waals surface area (Å²) in [7, 11) is 7.23. The molecular weight excluding hydrogens is 679 g/mol. The number of fused-ring (bicyclic) bond motifs is 3. The quantitative estimate of drug-likeness (QED) is 0.226. The molecule has 4 aliphatic carbocycles. The molecule has 10 nitrogen and oxygen atoms in total. The normalized spacial score (nSPS) is 24.2. The van der Waals surface area contributed by atoms with Crippen molar-refractivity contribution >= 4 is 17.8 Å². The standard InChI is InChI=1S/C36H47N3O3.C8H16N2O2/c1-25-21-28(11-12-30(25)41-5)36-17-14-35(15-18-36,16-19-36)24-39(32(40)26-9-7-6-8-10-26)31-22-27(13-20-37-31)29-23-42-33(38-29)34(2,3)4;1-9(2)7-4-5-10(6-7)8(11)12-3/h11-13,20-23,26H,6-10,14-19,24H2,1-5H3;7H,4-6H2,1-3H3. The summed E-state index contributed by atoms with van der Waals surface area (Å²) in [6.07, 6.45) is 16.8. The fourth-order valence-corrected chi connectivity index (χ4v) is 9.25. The number of hydrogen-bond donors (Lipinski definition) is 0. The van der Waals surface area contributed by atoms with Crippen molar-refractivity contribution in [2.75, 3.05) is 52.8 Å². The lowest BCUT2D eigenvalue weighted by atomic mass is 9.51. The number of aromatic nitrogens is 2. The highest BCUT2D eigenvalue weighted by Crippen LogP contribution is 2.58. The summed E-state index contributed by atoms with van der Waals surface area (Å²) < 4.78 is 16.0. The van der Waals surface area contributed by atoms with Crippen LogP contribution in [0.5, 0.6) is 5.75 Å². The zero-order chi connectivity index (χ0) is 38.7. The summed E-state index contributed by atoms with van der Waals surface area (Å²) in [4.78, 5) is 40.9. The molecule has 0 spiro atoms. The molecule has 1 saturated heterocycles. The number of methoxy groups -OCH3 is 2. The number of amides is 2. The van der Waals surface area contributed by atoms with Gasteiger partial charge in [-0.2, -0.15) is 0 Å². The van der Waals surface area contributed by atoms with Crippen molar-refractivity contribution in [1.29, 1.82) is 0 Å². The van der Waals surface area contributed by atoms with Gasteiger partial charge in [0.2, 0.25) is 5.91 Å². The van der Waals surface area contributed by atoms with E-state index in [9.17, 15) is 9.59 Å². The Morgan fingerprint density at radius 2 is 1.67 bits per heavy atom. The van der Waals surface area contributed by atoms with Crippen molar-refractivity contribution in [2.24, 2.45) is 11.3 Å². The summed E-state index contributed by atoms with van der Waals surface area (Å²) in [6.45, 7) is 10.8. The molecule has 1 unspecified atom stereocenters. The molecule has 1 aliphatic heterocycles. The van der Waals surface area contributed by atoms with Crippen LogP contribution in [0.4, 0.5) is 10.6 Å². The van der Waals surface area contributed by atoms with Gasteiger partial charge in [0.25, 0.3) is 0 Å². The van der Waals surface area contributed by atoms with Crippen molar-refractivity contribution in [1.82, 2.24) is 19.8 Å². The fourth-order valence-electron chi connectivity index (χ4n) is 9.25. The van der Waals surface area contributed by atoms with Crippen LogP contribution in [0.25, 0.3) is 11.3 Å². The minimum absolute atomic E-state index is 0.0914. The monoisotopic (exact) mass is 741 g/mol. The van der Waals surface area contributed by atoms with Crippen LogP contribution in [0.2, 0.25) is 0 Å². The second kappa shape index (κ2) is 16.4. The molecule has 3 aromatic rings. The number of hydrogen-bond acceptors (Lipinski definition) is 8. The first-order valence-corrected chi connectivity index (χ1v) is 20.1. The number of pyridine rings is 1. The maximum Gasteiger partial charge on any atom is 0.409 e. The second-order valence-electron chi connectivity index (χ2n) is 17.7. The Morgan fingerprint density at radius 3 is 2.24 bits per heavy atom. The average Bonchev–Trinajstić information content (AvgIpc) is 3.90. The van der Waals surface area contributed by atoms with Crippen LogP contribution in [0, 0.1) is 18.3 Å². The molecule has 4 saturated carbocycles. The van der Waals surface area contributed by atoms with Crippen LogP contribution >= 0.6 is 0 Å². The van der Waals surface area contributed by atoms with E-state index in [1.165, 1.54) is 43.9 Å². The van der Waals surface area contributed by atoms with Crippen LogP contribution in [-0.2, 0) is 20.4 Å². The Bertz CT molecular complexity index is 1730. The van der Waals surface area contributed by atoms with Gasteiger partial charge in [0.05, 0.1) is 14.2 Å². The molecule has 2 bridgehead atoms. The second-order valence-corrected chi connectivity index (χ2v) is 17.7. The van der Waals surface area contributed by atoms with Crippen LogP contribution in [0.1, 0.15) is 115 Å². The first-order chi connectivity index (χ1) is 25.8. The maximum atomic E-state index is 14.2. The van der Waals surface area contributed by atoms with Gasteiger partial charge < -0.3 is 23.7 Å². The van der Waals surface area contributed by atoms with Gasteiger partial charge in [-0.3, -0.25) is 9.69 Å². The van der Waals surface area contributed by atoms with Crippen LogP contribution in [-0.4, -0.2) is 85.8 Å². The number of aryl methyl sites for hydroxylation is 1. The minimum Gasteiger partial charge on any atom is -0.496 e. The third-order valence-electron chi connectivity index (χ3n) is 12.9. The van der Waals surface area contributed by atoms with Gasteiger partial charge >= 0.3 is 6.09 Å². The van der Waals surface area contributed by atoms with E-state index in [4.69, 9.17) is 19.1 Å². The van der Waals surface area contributed by atoms with E-state index >= 15 is 0 Å². The van der Waals surface area contributed by atoms with E-state index in [2.05, 4.69) is 66.5 Å². The summed E-state index contributed by atoms with van der Waals surface area (Å²) in [5, 5.41) is 0. The average molecular weight is 742 g/mol. The molecule has 294 valence electrons. The molecule has 5 fully saturated rings. The molecule has 10 heteroatoms. The zero-order valence-electron chi connectivity index (χ0n) is 34.1. The molecule has 54 heavy (non-hydrogen) atoms. The van der Waals surface area contributed by atoms with Gasteiger partial charge in [-0.1, -0.05) is 52.2 Å². The number of nitrogens with zero attached hydrogens (tertiary/aromatic N) is 5. The molecule has 1 atom stereocenters. The smallest absolute Gasteiger partial charge is 0.409 e. The predicted octanol–water partition coefficient (Wildman–Crippen LogP) is 8.95. The molecule has 8 rings (SSSR count). The summed E-state index contributed by atoms with van der Waals surface area (Å²) in [5.41, 5.74) is 4.62. The van der Waals surface area contributed by atoms with Crippen LogP contribution in [0.15, 0.2) is 47.2 Å². The van der Waals surface area contributed by atoms with Crippen LogP contribution in [0.3, 0.4) is 0 Å². The van der Waals surface area contributed by atoms with E-state index in [0.717, 1.165) is 93.8 Å². The van der Waals surface area contributed by atoms with Gasteiger partial charge in [-0.05, 0) is 119 Å². The number of benzene rings is 1. The number of ether oxygens (including phenoxy) is 2. The molecule has 5 aliphatic rings. The predicted molar refractivity (Wildman–Crippen MR) is 213 cm³/mol. The lowest BCUT2D eigenvalue weighted by Gasteiger charge is -2.55. The van der Waals surface area contributed by atoms with Gasteiger partial charge in [0, 0.05) is 48.8 Å². The largest absolute Gasteiger partial charge is 0.496 e. The van der Waals surface area contributed by atoms with Crippen molar-refractivity contribution < 1.29 is 23.5 Å². The van der Waals surface area contributed by atoms with E-state index in [1.807, 2.05) is 26.4 Å². The molecule has 1 aromatic carbocycles. The maximum absolute atomic E-state index is 14.2. The Balaban J connectivity index is 0.000000354. The summed E-state index contributed by atoms with van der Waals surface area (Å²) in [6, 6.07) is 11.3. The van der Waals surface area contributed by atoms with Crippen LogP contribution < -0.4 is 9.64 Å². The highest BCUT2D eigenvalue weighted by molar-refractivity contribution is 5.94. The van der Waals surface area contributed by atoms with E-state index in [-0.39, 0.29) is 34.2 Å². The van der Waals surface area contributed by atoms with E-state index in [1.54, 1.807) is 18.3 Å². The molecule has 0 N–H and O–H groups in total. The lowest BCUT2D eigenvalue weighted by Crippen LogP contribution is -2.51. The van der Waals surface area contributed by atoms with Gasteiger partial charge in [0.15, 0.2) is 5.89 Å². The molecule has 2 amide bonds. The number of likely N-dealkylation sites (tertiary alicyclic amines) is 1. The Kier molecular flexibility index (Phi) is 12.1. The molecule has 3 heterocycles. The Morgan fingerprint density at radius 1 is 0.963 bits per heavy atom.